The Balaban J connectivity index is -0.0000000733. The summed E-state index contributed by atoms with van der Waals surface area (Å²) in [6.45, 7) is 6.85. The fraction of sp³-hybridized carbons (Fsp3) is 0.800. The summed E-state index contributed by atoms with van der Waals surface area (Å²) in [5.41, 5.74) is 0. The van der Waals surface area contributed by atoms with Crippen molar-refractivity contribution >= 4 is 59.1 Å². The van der Waals surface area contributed by atoms with Crippen molar-refractivity contribution in [1.29, 1.82) is 0 Å². The van der Waals surface area contributed by atoms with Crippen LogP contribution in [-0.2, 0) is 44.7 Å². The molecule has 0 aliphatic carbocycles. The third-order valence-electron chi connectivity index (χ3n) is 1.75. The molecule has 0 bridgehead atoms. The van der Waals surface area contributed by atoms with Crippen molar-refractivity contribution < 1.29 is 19.5 Å². The molecular weight excluding hydrogens is 314 g/mol. The topological polar surface area (TPSA) is 0 Å². The van der Waals surface area contributed by atoms with Crippen LogP contribution in [0.15, 0.2) is 0 Å². The molecule has 0 spiro atoms. The van der Waals surface area contributed by atoms with Crippen molar-refractivity contribution in [2.75, 3.05) is 0 Å². The van der Waals surface area contributed by atoms with Gasteiger partial charge in [-0.05, 0) is 5.92 Å². The maximum absolute atomic E-state index is 4.08. The first kappa shape index (κ1) is 25.2. The number of rotatable bonds is 4. The van der Waals surface area contributed by atoms with Crippen molar-refractivity contribution in [3.8, 4) is 0 Å². The molecule has 86 valence electrons. The van der Waals surface area contributed by atoms with Gasteiger partial charge in [0.2, 0.25) is 0 Å². The van der Waals surface area contributed by atoms with Crippen LogP contribution in [0.25, 0.3) is 0 Å². The van der Waals surface area contributed by atoms with Crippen LogP contribution >= 0.6 is 24.4 Å². The van der Waals surface area contributed by atoms with Crippen molar-refractivity contribution in [3.05, 3.63) is 0 Å². The minimum Gasteiger partial charge on any atom is -0.436 e. The Hall–Kier alpha value is 1.24. The second-order valence-electron chi connectivity index (χ2n) is 2.85. The van der Waals surface area contributed by atoms with Crippen molar-refractivity contribution in [1.82, 2.24) is 0 Å². The fourth-order valence-corrected chi connectivity index (χ4v) is 0.757. The zero-order valence-electron chi connectivity index (χ0n) is 9.90. The summed E-state index contributed by atoms with van der Waals surface area (Å²) in [5, 5.41) is 0. The smallest absolute Gasteiger partial charge is 0.436 e. The molecule has 1 unspecified atom stereocenters. The second-order valence-corrected chi connectivity index (χ2v) is 4.39. The fourth-order valence-electron chi connectivity index (χ4n) is 0.757. The zero-order chi connectivity index (χ0) is 11.8. The Morgan fingerprint density at radius 3 is 1.67 bits per heavy atom. The van der Waals surface area contributed by atoms with Crippen molar-refractivity contribution in [2.24, 2.45) is 5.92 Å². The van der Waals surface area contributed by atoms with Gasteiger partial charge in [0.05, 0.1) is 0 Å². The second kappa shape index (κ2) is 29.5. The molecular formula is C10H20S4Zn. The van der Waals surface area contributed by atoms with Gasteiger partial charge >= 0.3 is 19.5 Å². The van der Waals surface area contributed by atoms with E-state index in [-0.39, 0.29) is 19.5 Å². The predicted molar refractivity (Wildman–Crippen MR) is 81.0 cm³/mol. The summed E-state index contributed by atoms with van der Waals surface area (Å²) in [6.07, 6.45) is 5.53. The molecule has 0 fully saturated rings. The maximum atomic E-state index is 4.08. The molecule has 0 aliphatic rings. The number of hydrogen-bond acceptors (Lipinski definition) is 4. The van der Waals surface area contributed by atoms with E-state index >= 15 is 0 Å². The molecule has 5 heteroatoms. The van der Waals surface area contributed by atoms with E-state index in [1.54, 1.807) is 0 Å². The van der Waals surface area contributed by atoms with E-state index in [1.165, 1.54) is 35.1 Å². The number of unbranched alkanes of at least 4 members (excludes halogenated alkanes) is 1. The molecule has 0 aromatic carbocycles. The van der Waals surface area contributed by atoms with Crippen LogP contribution in [0, 0.1) is 5.92 Å². The first-order chi connectivity index (χ1) is 6.64. The standard InChI is InChI=1S/C8H18.2CH2S2.Zn/c1-4-6-7-8(3)5-2;2*2-1-3;/h8H,4-7H2,1-3H3;2*1H,(H,2,3);/q;;;+2/p-2. The van der Waals surface area contributed by atoms with Gasteiger partial charge in [-0.15, -0.1) is 0 Å². The van der Waals surface area contributed by atoms with Crippen LogP contribution < -0.4 is 0 Å². The summed E-state index contributed by atoms with van der Waals surface area (Å²) in [7, 11) is 0. The van der Waals surface area contributed by atoms with Gasteiger partial charge in [-0.3, -0.25) is 0 Å². The minimum absolute atomic E-state index is 0. The molecule has 0 aliphatic heterocycles. The van der Waals surface area contributed by atoms with Gasteiger partial charge in [-0.2, -0.15) is 9.40 Å². The average molecular weight is 334 g/mol. The van der Waals surface area contributed by atoms with E-state index in [2.05, 4.69) is 70.5 Å². The Morgan fingerprint density at radius 2 is 1.47 bits per heavy atom. The third kappa shape index (κ3) is 51.0. The Kier molecular flexibility index (Phi) is 49.5. The SMILES string of the molecule is CCCCC(C)CC.S=C[S-].S=C[S-].[Zn+2]. The van der Waals surface area contributed by atoms with Gasteiger partial charge in [0.15, 0.2) is 0 Å². The molecule has 0 rings (SSSR count). The molecule has 0 nitrogen and oxygen atoms in total. The van der Waals surface area contributed by atoms with Gasteiger partial charge in [0, 0.05) is 0 Å². The molecule has 0 aromatic rings. The first-order valence-corrected chi connectivity index (χ1v) is 6.64. The summed E-state index contributed by atoms with van der Waals surface area (Å²) >= 11 is 16.3. The van der Waals surface area contributed by atoms with Crippen LogP contribution in [0.3, 0.4) is 0 Å². The first-order valence-electron chi connectivity index (χ1n) is 4.75. The molecule has 0 N–H and O–H groups in total. The summed E-state index contributed by atoms with van der Waals surface area (Å²) in [6, 6.07) is 0. The summed E-state index contributed by atoms with van der Waals surface area (Å²) in [5.74, 6) is 0.954. The molecule has 0 saturated carbocycles. The van der Waals surface area contributed by atoms with Crippen LogP contribution in [0.2, 0.25) is 0 Å². The molecule has 1 atom stereocenters. The van der Waals surface area contributed by atoms with E-state index in [4.69, 9.17) is 0 Å². The molecule has 0 radical (unpaired) electrons. The van der Waals surface area contributed by atoms with E-state index in [0.717, 1.165) is 5.92 Å². The van der Waals surface area contributed by atoms with E-state index in [1.807, 2.05) is 0 Å². The van der Waals surface area contributed by atoms with E-state index < -0.39 is 0 Å². The van der Waals surface area contributed by atoms with Gasteiger partial charge in [-0.1, -0.05) is 46.5 Å². The quantitative estimate of drug-likeness (QED) is 0.429. The van der Waals surface area contributed by atoms with Gasteiger partial charge in [0.1, 0.15) is 0 Å². The Bertz CT molecular complexity index is 104. The number of thiocarbonyl (C=S) groups is 2. The molecule has 15 heavy (non-hydrogen) atoms. The van der Waals surface area contributed by atoms with Crippen molar-refractivity contribution in [3.63, 3.8) is 0 Å². The normalized spacial score (nSPS) is 9.00. The van der Waals surface area contributed by atoms with Crippen LogP contribution in [0.5, 0.6) is 0 Å². The summed E-state index contributed by atoms with van der Waals surface area (Å²) in [4.78, 5) is 0. The number of hydrogen-bond donors (Lipinski definition) is 0. The average Bonchev–Trinajstić information content (AvgIpc) is 2.16. The molecule has 0 aromatic heterocycles. The monoisotopic (exact) mass is 332 g/mol. The molecule has 0 saturated heterocycles. The minimum atomic E-state index is 0. The van der Waals surface area contributed by atoms with Crippen LogP contribution in [-0.4, -0.2) is 9.40 Å². The van der Waals surface area contributed by atoms with Gasteiger partial charge in [0.25, 0.3) is 0 Å². The van der Waals surface area contributed by atoms with E-state index in [0.29, 0.717) is 0 Å². The summed E-state index contributed by atoms with van der Waals surface area (Å²) < 4.78 is 2.33. The van der Waals surface area contributed by atoms with E-state index in [9.17, 15) is 0 Å². The van der Waals surface area contributed by atoms with Crippen molar-refractivity contribution in [2.45, 2.75) is 46.5 Å². The van der Waals surface area contributed by atoms with Crippen LogP contribution in [0.1, 0.15) is 46.5 Å². The maximum Gasteiger partial charge on any atom is 2.00 e. The molecule has 0 amide bonds. The Labute approximate surface area is 130 Å². The van der Waals surface area contributed by atoms with Crippen LogP contribution in [0.4, 0.5) is 0 Å². The van der Waals surface area contributed by atoms with Gasteiger partial charge in [-0.25, -0.2) is 0 Å². The third-order valence-corrected chi connectivity index (χ3v) is 1.75. The largest absolute Gasteiger partial charge is 2.00 e. The molecule has 0 heterocycles. The predicted octanol–water partition coefficient (Wildman–Crippen LogP) is 4.20. The Morgan fingerprint density at radius 1 is 1.13 bits per heavy atom. The zero-order valence-corrected chi connectivity index (χ0v) is 16.1. The van der Waals surface area contributed by atoms with Gasteiger partial charge < -0.3 is 49.7 Å².